The van der Waals surface area contributed by atoms with Gasteiger partial charge in [0.05, 0.1) is 11.8 Å². The molecule has 1 unspecified atom stereocenters. The van der Waals surface area contributed by atoms with Crippen LogP contribution in [0.4, 0.5) is 10.1 Å². The molecular formula is C21H31FN6O. The van der Waals surface area contributed by atoms with Crippen molar-refractivity contribution in [3.05, 3.63) is 47.5 Å². The zero-order valence-corrected chi connectivity index (χ0v) is 17.4. The molecular weight excluding hydrogens is 371 g/mol. The number of amides is 1. The van der Waals surface area contributed by atoms with E-state index in [4.69, 9.17) is 16.6 Å². The van der Waals surface area contributed by atoms with Crippen LogP contribution in [-0.4, -0.2) is 46.6 Å². The van der Waals surface area contributed by atoms with Gasteiger partial charge in [-0.3, -0.25) is 9.48 Å². The van der Waals surface area contributed by atoms with Crippen molar-refractivity contribution >= 4 is 25.0 Å². The van der Waals surface area contributed by atoms with Gasteiger partial charge in [-0.05, 0) is 70.8 Å². The summed E-state index contributed by atoms with van der Waals surface area (Å²) in [5.74, 6) is -0.306. The van der Waals surface area contributed by atoms with Crippen LogP contribution in [0.2, 0.25) is 0 Å². The van der Waals surface area contributed by atoms with Crippen LogP contribution in [0, 0.1) is 16.6 Å². The monoisotopic (exact) mass is 402 g/mol. The molecule has 29 heavy (non-hydrogen) atoms. The van der Waals surface area contributed by atoms with Gasteiger partial charge < -0.3 is 21.5 Å². The maximum atomic E-state index is 13.3. The van der Waals surface area contributed by atoms with Crippen molar-refractivity contribution in [2.24, 2.45) is 0 Å². The van der Waals surface area contributed by atoms with E-state index < -0.39 is 5.82 Å². The molecule has 2 aromatic rings. The zero-order chi connectivity index (χ0) is 22.1. The molecule has 0 bridgehead atoms. The summed E-state index contributed by atoms with van der Waals surface area (Å²) in [5, 5.41) is 15.4. The van der Waals surface area contributed by atoms with Crippen LogP contribution in [-0.2, 0) is 0 Å². The van der Waals surface area contributed by atoms with Gasteiger partial charge >= 0.3 is 0 Å². The molecule has 4 N–H and O–H groups in total. The predicted molar refractivity (Wildman–Crippen MR) is 116 cm³/mol. The van der Waals surface area contributed by atoms with Gasteiger partial charge in [0, 0.05) is 36.4 Å². The van der Waals surface area contributed by atoms with Gasteiger partial charge in [0.1, 0.15) is 5.82 Å². The Morgan fingerprint density at radius 2 is 1.93 bits per heavy atom. The normalized spacial score (nSPS) is 18.3. The molecule has 3 rings (SSSR count). The minimum Gasteiger partial charge on any atom is -0.398 e. The van der Waals surface area contributed by atoms with Gasteiger partial charge in [0.15, 0.2) is 0 Å². The second-order valence-corrected chi connectivity index (χ2v) is 7.16. The Hall–Kier alpha value is -3.03. The van der Waals surface area contributed by atoms with Crippen LogP contribution < -0.4 is 5.73 Å². The fourth-order valence-corrected chi connectivity index (χ4v) is 3.39. The van der Waals surface area contributed by atoms with E-state index in [1.165, 1.54) is 18.2 Å². The summed E-state index contributed by atoms with van der Waals surface area (Å²) < 4.78 is 15.2. The summed E-state index contributed by atoms with van der Waals surface area (Å²) in [4.78, 5) is 14.8. The molecule has 0 aliphatic carbocycles. The molecule has 1 aliphatic heterocycles. The van der Waals surface area contributed by atoms with Crippen LogP contribution in [0.3, 0.4) is 0 Å². The molecule has 7 nitrogen and oxygen atoms in total. The zero-order valence-electron chi connectivity index (χ0n) is 17.4. The fraction of sp³-hybridized carbons (Fsp3) is 0.429. The predicted octanol–water partition coefficient (Wildman–Crippen LogP) is 4.13. The number of nitrogens with zero attached hydrogens (tertiary/aromatic N) is 3. The van der Waals surface area contributed by atoms with Crippen LogP contribution in [0.1, 0.15) is 61.5 Å². The first-order valence-corrected chi connectivity index (χ1v) is 9.47. The van der Waals surface area contributed by atoms with E-state index in [1.807, 2.05) is 22.7 Å². The van der Waals surface area contributed by atoms with E-state index in [2.05, 4.69) is 38.6 Å². The highest BCUT2D eigenvalue weighted by atomic mass is 19.1. The topological polar surface area (TPSA) is 112 Å². The smallest absolute Gasteiger partial charge is 0.256 e. The lowest BCUT2D eigenvalue weighted by Crippen LogP contribution is -2.45. The minimum atomic E-state index is -0.431. The second kappa shape index (κ2) is 11.1. The highest BCUT2D eigenvalue weighted by molar-refractivity contribution is 5.99. The van der Waals surface area contributed by atoms with Crippen molar-refractivity contribution in [1.82, 2.24) is 14.7 Å². The fourth-order valence-electron chi connectivity index (χ4n) is 3.39. The first-order chi connectivity index (χ1) is 13.9. The van der Waals surface area contributed by atoms with Gasteiger partial charge in [0.2, 0.25) is 0 Å². The Bertz CT molecular complexity index is 804. The number of nitrogen functional groups attached to an aromatic ring is 1. The number of likely N-dealkylation sites (tertiary alicyclic amines) is 1. The van der Waals surface area contributed by atoms with Crippen LogP contribution >= 0.6 is 0 Å². The highest BCUT2D eigenvalue weighted by Crippen LogP contribution is 2.32. The number of nitrogens with two attached hydrogens (primary N) is 1. The average Bonchev–Trinajstić information content (AvgIpc) is 3.22. The van der Waals surface area contributed by atoms with Gasteiger partial charge in [-0.2, -0.15) is 5.10 Å². The van der Waals surface area contributed by atoms with E-state index >= 15 is 0 Å². The van der Waals surface area contributed by atoms with Crippen molar-refractivity contribution in [2.75, 3.05) is 12.3 Å². The second-order valence-electron chi connectivity index (χ2n) is 7.16. The highest BCUT2D eigenvalue weighted by Gasteiger charge is 2.31. The number of anilines is 1. The Balaban J connectivity index is 0.000000989. The Labute approximate surface area is 171 Å². The van der Waals surface area contributed by atoms with Crippen molar-refractivity contribution in [2.45, 2.75) is 51.6 Å². The molecule has 2 atom stereocenters. The first-order valence-electron chi connectivity index (χ1n) is 9.47. The standard InChI is InChI=1S/C19H25FN4O.2CH3N/c1-12(2)24-11-15(9-22-24)14-5-4-13(3)23(10-14)19(25)17-7-6-16(20)8-18(17)21;2*1-2/h6-9,11-14H,4-5,10,21H2,1-3H3;2*2H,1H2/t13-,14?;;/m1../s1. The van der Waals surface area contributed by atoms with Crippen LogP contribution in [0.25, 0.3) is 0 Å². The third kappa shape index (κ3) is 5.73. The number of piperidine rings is 1. The van der Waals surface area contributed by atoms with Crippen LogP contribution in [0.15, 0.2) is 30.6 Å². The van der Waals surface area contributed by atoms with Crippen molar-refractivity contribution in [3.63, 3.8) is 0 Å². The summed E-state index contributed by atoms with van der Waals surface area (Å²) in [6, 6.07) is 4.40. The summed E-state index contributed by atoms with van der Waals surface area (Å²) in [6.07, 6.45) is 5.91. The number of aromatic nitrogens is 2. The molecule has 1 saturated heterocycles. The maximum absolute atomic E-state index is 13.3. The van der Waals surface area contributed by atoms with Gasteiger partial charge in [-0.15, -0.1) is 0 Å². The van der Waals surface area contributed by atoms with Crippen LogP contribution in [0.5, 0.6) is 0 Å². The molecule has 0 radical (unpaired) electrons. The van der Waals surface area contributed by atoms with Crippen molar-refractivity contribution in [3.8, 4) is 0 Å². The molecule has 8 heteroatoms. The largest absolute Gasteiger partial charge is 0.398 e. The van der Waals surface area contributed by atoms with Crippen molar-refractivity contribution < 1.29 is 9.18 Å². The van der Waals surface area contributed by atoms with E-state index in [-0.39, 0.29) is 23.6 Å². The molecule has 1 fully saturated rings. The number of benzene rings is 1. The lowest BCUT2D eigenvalue weighted by molar-refractivity contribution is 0.0611. The molecule has 2 heterocycles. The number of hydrogen-bond acceptors (Lipinski definition) is 5. The molecule has 1 amide bonds. The quantitative estimate of drug-likeness (QED) is 0.530. The molecule has 0 spiro atoms. The van der Waals surface area contributed by atoms with Gasteiger partial charge in [0.25, 0.3) is 5.91 Å². The number of carbonyl (C=O) groups is 1. The number of halogens is 1. The first kappa shape index (κ1) is 24.0. The van der Waals surface area contributed by atoms with E-state index in [0.29, 0.717) is 18.2 Å². The lowest BCUT2D eigenvalue weighted by atomic mass is 9.89. The maximum Gasteiger partial charge on any atom is 0.256 e. The number of carbonyl (C=O) groups excluding carboxylic acids is 1. The summed E-state index contributed by atoms with van der Waals surface area (Å²) in [6.45, 7) is 11.9. The number of hydrogen-bond donors (Lipinski definition) is 3. The molecule has 0 saturated carbocycles. The number of nitrogens with one attached hydrogen (secondary N) is 2. The third-order valence-corrected chi connectivity index (χ3v) is 5.01. The Morgan fingerprint density at radius 3 is 2.48 bits per heavy atom. The van der Waals surface area contributed by atoms with E-state index in [9.17, 15) is 9.18 Å². The minimum absolute atomic E-state index is 0.133. The lowest BCUT2D eigenvalue weighted by Gasteiger charge is -2.38. The third-order valence-electron chi connectivity index (χ3n) is 5.01. The molecule has 1 aromatic heterocycles. The number of rotatable bonds is 3. The SMILES string of the molecule is C=N.C=N.CC(C)n1cc(C2CC[C@@H](C)N(C(=O)c3ccc(F)cc3N)C2)cn1. The van der Waals surface area contributed by atoms with Crippen molar-refractivity contribution in [1.29, 1.82) is 10.8 Å². The van der Waals surface area contributed by atoms with Gasteiger partial charge in [-0.25, -0.2) is 4.39 Å². The summed E-state index contributed by atoms with van der Waals surface area (Å²) in [7, 11) is 0. The molecule has 1 aliphatic rings. The Morgan fingerprint density at radius 1 is 1.28 bits per heavy atom. The average molecular weight is 403 g/mol. The van der Waals surface area contributed by atoms with E-state index in [1.54, 1.807) is 0 Å². The summed E-state index contributed by atoms with van der Waals surface area (Å²) >= 11 is 0. The van der Waals surface area contributed by atoms with Gasteiger partial charge in [-0.1, -0.05) is 0 Å². The summed E-state index contributed by atoms with van der Waals surface area (Å²) in [5.41, 5.74) is 7.57. The Kier molecular flexibility index (Phi) is 9.18. The molecule has 158 valence electrons. The molecule has 1 aromatic carbocycles. The van der Waals surface area contributed by atoms with E-state index in [0.717, 1.165) is 18.4 Å².